The van der Waals surface area contributed by atoms with Crippen LogP contribution in [0.1, 0.15) is 19.8 Å². The van der Waals surface area contributed by atoms with Crippen molar-refractivity contribution in [3.05, 3.63) is 65.1 Å². The van der Waals surface area contributed by atoms with E-state index in [-0.39, 0.29) is 17.0 Å². The van der Waals surface area contributed by atoms with Gasteiger partial charge in [-0.3, -0.25) is 9.59 Å². The fourth-order valence-corrected chi connectivity index (χ4v) is 5.13. The van der Waals surface area contributed by atoms with Crippen LogP contribution in [0.5, 0.6) is 0 Å². The Hall–Kier alpha value is -3.04. The number of piperidine rings is 1. The average molecular weight is 441 g/mol. The van der Waals surface area contributed by atoms with Gasteiger partial charge in [-0.2, -0.15) is 9.40 Å². The fourth-order valence-electron chi connectivity index (χ4n) is 3.66. The maximum atomic E-state index is 12.8. The zero-order chi connectivity index (χ0) is 22.0. The molecule has 162 valence electrons. The van der Waals surface area contributed by atoms with Crippen LogP contribution in [0.25, 0.3) is 10.8 Å². The van der Waals surface area contributed by atoms with Crippen LogP contribution in [-0.4, -0.2) is 41.5 Å². The number of hydrogen-bond acceptors (Lipinski definition) is 5. The van der Waals surface area contributed by atoms with E-state index in [1.54, 1.807) is 36.5 Å². The highest BCUT2D eigenvalue weighted by Gasteiger charge is 2.27. The molecule has 31 heavy (non-hydrogen) atoms. The zero-order valence-electron chi connectivity index (χ0n) is 17.2. The lowest BCUT2D eigenvalue weighted by Gasteiger charge is -2.29. The molecule has 2 aromatic carbocycles. The molecule has 0 aliphatic carbocycles. The van der Waals surface area contributed by atoms with Crippen LogP contribution in [-0.2, 0) is 21.4 Å². The smallest absolute Gasteiger partial charge is 0.275 e. The molecule has 0 bridgehead atoms. The summed E-state index contributed by atoms with van der Waals surface area (Å²) < 4.78 is 28.2. The maximum absolute atomic E-state index is 12.8. The van der Waals surface area contributed by atoms with Gasteiger partial charge in [0.1, 0.15) is 6.54 Å². The lowest BCUT2D eigenvalue weighted by molar-refractivity contribution is -0.117. The van der Waals surface area contributed by atoms with Crippen molar-refractivity contribution in [2.24, 2.45) is 5.92 Å². The highest BCUT2D eigenvalue weighted by Crippen LogP contribution is 2.24. The van der Waals surface area contributed by atoms with Gasteiger partial charge in [-0.05, 0) is 49.1 Å². The number of nitrogens with zero attached hydrogens (tertiary/aromatic N) is 3. The molecule has 1 aliphatic rings. The number of aromatic nitrogens is 2. The zero-order valence-corrected chi connectivity index (χ0v) is 18.0. The average Bonchev–Trinajstić information content (AvgIpc) is 2.76. The van der Waals surface area contributed by atoms with E-state index in [4.69, 9.17) is 0 Å². The van der Waals surface area contributed by atoms with Crippen molar-refractivity contribution >= 4 is 32.4 Å². The van der Waals surface area contributed by atoms with Crippen molar-refractivity contribution in [2.45, 2.75) is 31.2 Å². The molecule has 4 rings (SSSR count). The molecular weight excluding hydrogens is 416 g/mol. The molecule has 0 spiro atoms. The molecule has 0 atom stereocenters. The molecule has 1 aliphatic heterocycles. The Morgan fingerprint density at radius 1 is 1.10 bits per heavy atom. The predicted octanol–water partition coefficient (Wildman–Crippen LogP) is 2.46. The van der Waals surface area contributed by atoms with Crippen LogP contribution in [0.3, 0.4) is 0 Å². The summed E-state index contributed by atoms with van der Waals surface area (Å²) in [5.41, 5.74) is 0.107. The minimum absolute atomic E-state index is 0.201. The molecule has 8 nitrogen and oxygen atoms in total. The van der Waals surface area contributed by atoms with E-state index in [0.29, 0.717) is 35.5 Å². The van der Waals surface area contributed by atoms with Crippen LogP contribution in [0.2, 0.25) is 0 Å². The van der Waals surface area contributed by atoms with E-state index in [2.05, 4.69) is 17.3 Å². The first-order chi connectivity index (χ1) is 14.8. The Morgan fingerprint density at radius 3 is 2.48 bits per heavy atom. The predicted molar refractivity (Wildman–Crippen MR) is 118 cm³/mol. The number of nitrogens with one attached hydrogen (secondary N) is 1. The van der Waals surface area contributed by atoms with Crippen LogP contribution >= 0.6 is 0 Å². The molecular formula is C22H24N4O4S. The second-order valence-corrected chi connectivity index (χ2v) is 9.79. The number of benzene rings is 2. The Morgan fingerprint density at radius 2 is 1.77 bits per heavy atom. The number of rotatable bonds is 5. The lowest BCUT2D eigenvalue weighted by Crippen LogP contribution is -2.37. The van der Waals surface area contributed by atoms with E-state index in [9.17, 15) is 18.0 Å². The first-order valence-electron chi connectivity index (χ1n) is 10.2. The summed E-state index contributed by atoms with van der Waals surface area (Å²) in [7, 11) is -3.54. The molecule has 9 heteroatoms. The molecule has 2 heterocycles. The number of fused-ring (bicyclic) bond motifs is 1. The van der Waals surface area contributed by atoms with Gasteiger partial charge in [0.05, 0.1) is 16.5 Å². The summed E-state index contributed by atoms with van der Waals surface area (Å²) in [6, 6.07) is 13.1. The van der Waals surface area contributed by atoms with E-state index < -0.39 is 15.9 Å². The summed E-state index contributed by atoms with van der Waals surface area (Å²) in [6.45, 7) is 2.93. The summed E-state index contributed by atoms with van der Waals surface area (Å²) in [6.07, 6.45) is 3.26. The van der Waals surface area contributed by atoms with Gasteiger partial charge in [-0.15, -0.1) is 0 Å². The Labute approximate surface area is 180 Å². The van der Waals surface area contributed by atoms with Crippen LogP contribution in [0.15, 0.2) is 64.4 Å². The summed E-state index contributed by atoms with van der Waals surface area (Å²) >= 11 is 0. The van der Waals surface area contributed by atoms with Gasteiger partial charge in [0.25, 0.3) is 5.56 Å². The van der Waals surface area contributed by atoms with E-state index >= 15 is 0 Å². The second kappa shape index (κ2) is 8.60. The molecule has 1 N–H and O–H groups in total. The topological polar surface area (TPSA) is 101 Å². The lowest BCUT2D eigenvalue weighted by atomic mass is 10.0. The third-order valence-corrected chi connectivity index (χ3v) is 7.49. The minimum Gasteiger partial charge on any atom is -0.324 e. The molecule has 0 saturated carbocycles. The van der Waals surface area contributed by atoms with Crippen molar-refractivity contribution < 1.29 is 13.2 Å². The fraction of sp³-hybridized carbons (Fsp3) is 0.318. The molecule has 3 aromatic rings. The molecule has 1 aromatic heterocycles. The van der Waals surface area contributed by atoms with Crippen molar-refractivity contribution in [1.82, 2.24) is 14.1 Å². The monoisotopic (exact) mass is 440 g/mol. The molecule has 1 fully saturated rings. The Bertz CT molecular complexity index is 1260. The van der Waals surface area contributed by atoms with Crippen molar-refractivity contribution in [3.63, 3.8) is 0 Å². The number of carbonyl (C=O) groups is 1. The van der Waals surface area contributed by atoms with E-state index in [1.165, 1.54) is 16.4 Å². The van der Waals surface area contributed by atoms with Gasteiger partial charge >= 0.3 is 0 Å². The second-order valence-electron chi connectivity index (χ2n) is 7.85. The van der Waals surface area contributed by atoms with Crippen LogP contribution in [0.4, 0.5) is 5.69 Å². The van der Waals surface area contributed by atoms with E-state index in [0.717, 1.165) is 17.5 Å². The minimum atomic E-state index is -3.54. The number of carbonyl (C=O) groups excluding carboxylic acids is 1. The summed E-state index contributed by atoms with van der Waals surface area (Å²) in [5, 5.41) is 7.94. The van der Waals surface area contributed by atoms with Gasteiger partial charge in [0, 0.05) is 24.2 Å². The Balaban J connectivity index is 1.44. The van der Waals surface area contributed by atoms with Gasteiger partial charge in [-0.1, -0.05) is 25.1 Å². The molecule has 1 saturated heterocycles. The first-order valence-corrected chi connectivity index (χ1v) is 11.6. The largest absolute Gasteiger partial charge is 0.324 e. The van der Waals surface area contributed by atoms with Crippen LogP contribution in [0, 0.1) is 5.92 Å². The first kappa shape index (κ1) is 21.2. The highest BCUT2D eigenvalue weighted by atomic mass is 32.2. The molecule has 1 amide bonds. The van der Waals surface area contributed by atoms with Gasteiger partial charge in [0.2, 0.25) is 15.9 Å². The third-order valence-electron chi connectivity index (χ3n) is 5.57. The normalized spacial score (nSPS) is 15.8. The van der Waals surface area contributed by atoms with Crippen molar-refractivity contribution in [1.29, 1.82) is 0 Å². The van der Waals surface area contributed by atoms with Gasteiger partial charge in [0.15, 0.2) is 0 Å². The summed E-state index contributed by atoms with van der Waals surface area (Å²) in [4.78, 5) is 25.1. The number of hydrogen-bond donors (Lipinski definition) is 1. The van der Waals surface area contributed by atoms with Crippen molar-refractivity contribution in [3.8, 4) is 0 Å². The molecule has 0 unspecified atom stereocenters. The quantitative estimate of drug-likeness (QED) is 0.657. The highest BCUT2D eigenvalue weighted by molar-refractivity contribution is 7.89. The number of amides is 1. The SMILES string of the molecule is CC1CCN(S(=O)(=O)c2ccc(NC(=O)Cn3ncc4ccccc4c3=O)cc2)CC1. The number of anilines is 1. The molecule has 0 radical (unpaired) electrons. The summed E-state index contributed by atoms with van der Waals surface area (Å²) in [5.74, 6) is 0.110. The standard InChI is InChI=1S/C22H24N4O4S/c1-16-10-12-25(13-11-16)31(29,30)19-8-6-18(7-9-19)24-21(27)15-26-22(28)20-5-3-2-4-17(20)14-23-26/h2-9,14,16H,10-13,15H2,1H3,(H,24,27). The maximum Gasteiger partial charge on any atom is 0.275 e. The third kappa shape index (κ3) is 4.52. The van der Waals surface area contributed by atoms with Crippen molar-refractivity contribution in [2.75, 3.05) is 18.4 Å². The number of sulfonamides is 1. The van der Waals surface area contributed by atoms with Gasteiger partial charge < -0.3 is 5.32 Å². The van der Waals surface area contributed by atoms with Gasteiger partial charge in [-0.25, -0.2) is 13.1 Å². The van der Waals surface area contributed by atoms with E-state index in [1.807, 2.05) is 6.07 Å². The van der Waals surface area contributed by atoms with Crippen LogP contribution < -0.4 is 10.9 Å². The Kier molecular flexibility index (Phi) is 5.88.